The van der Waals surface area contributed by atoms with Crippen LogP contribution < -0.4 is 10.5 Å². The lowest BCUT2D eigenvalue weighted by atomic mass is 10.2. The van der Waals surface area contributed by atoms with E-state index in [1.807, 2.05) is 24.3 Å². The van der Waals surface area contributed by atoms with Gasteiger partial charge >= 0.3 is 0 Å². The van der Waals surface area contributed by atoms with E-state index in [0.29, 0.717) is 19.0 Å². The quantitative estimate of drug-likeness (QED) is 0.878. The Bertz CT molecular complexity index is 639. The van der Waals surface area contributed by atoms with Gasteiger partial charge in [-0.25, -0.2) is 9.98 Å². The SMILES string of the molecule is COc1ccc(C2=NC(C(N)=O)SC(N3CCOCC3)=N2)cc1. The van der Waals surface area contributed by atoms with Crippen LogP contribution >= 0.6 is 11.8 Å². The Balaban J connectivity index is 1.90. The molecule has 1 saturated heterocycles. The van der Waals surface area contributed by atoms with Crippen LogP contribution in [0.4, 0.5) is 0 Å². The Morgan fingerprint density at radius 3 is 2.65 bits per heavy atom. The average molecular weight is 334 g/mol. The van der Waals surface area contributed by atoms with Gasteiger partial charge in [0.2, 0.25) is 0 Å². The summed E-state index contributed by atoms with van der Waals surface area (Å²) in [7, 11) is 1.61. The van der Waals surface area contributed by atoms with Crippen LogP contribution in [0.2, 0.25) is 0 Å². The van der Waals surface area contributed by atoms with Gasteiger partial charge in [0.1, 0.15) is 5.75 Å². The fourth-order valence-corrected chi connectivity index (χ4v) is 3.22. The molecule has 0 spiro atoms. The molecule has 0 saturated carbocycles. The van der Waals surface area contributed by atoms with Crippen LogP contribution in [0.5, 0.6) is 5.75 Å². The van der Waals surface area contributed by atoms with Crippen LogP contribution in [-0.4, -0.2) is 60.6 Å². The molecule has 7 nitrogen and oxygen atoms in total. The predicted molar refractivity (Wildman–Crippen MR) is 89.9 cm³/mol. The Morgan fingerprint density at radius 1 is 1.35 bits per heavy atom. The molecule has 1 amide bonds. The topological polar surface area (TPSA) is 89.5 Å². The minimum absolute atomic E-state index is 0.471. The molecule has 2 aliphatic rings. The van der Waals surface area contributed by atoms with Gasteiger partial charge in [-0.1, -0.05) is 11.8 Å². The first-order valence-corrected chi connectivity index (χ1v) is 8.15. The predicted octanol–water partition coefficient (Wildman–Crippen LogP) is 0.688. The van der Waals surface area contributed by atoms with Crippen LogP contribution in [0.25, 0.3) is 0 Å². The molecule has 23 heavy (non-hydrogen) atoms. The van der Waals surface area contributed by atoms with E-state index in [0.717, 1.165) is 29.6 Å². The molecule has 122 valence electrons. The summed E-state index contributed by atoms with van der Waals surface area (Å²) in [6, 6.07) is 7.41. The third-order valence-corrected chi connectivity index (χ3v) is 4.65. The first kappa shape index (κ1) is 15.8. The molecule has 0 aliphatic carbocycles. The summed E-state index contributed by atoms with van der Waals surface area (Å²) in [5.74, 6) is 0.793. The molecule has 2 N–H and O–H groups in total. The molecule has 2 aliphatic heterocycles. The lowest BCUT2D eigenvalue weighted by Gasteiger charge is -2.31. The second kappa shape index (κ2) is 7.01. The molecule has 0 radical (unpaired) electrons. The van der Waals surface area contributed by atoms with Crippen molar-refractivity contribution in [3.63, 3.8) is 0 Å². The van der Waals surface area contributed by atoms with Gasteiger partial charge in [0.25, 0.3) is 5.91 Å². The minimum Gasteiger partial charge on any atom is -0.497 e. The van der Waals surface area contributed by atoms with Crippen LogP contribution in [0.1, 0.15) is 5.56 Å². The highest BCUT2D eigenvalue weighted by Gasteiger charge is 2.28. The van der Waals surface area contributed by atoms with Crippen molar-refractivity contribution in [1.82, 2.24) is 4.90 Å². The lowest BCUT2D eigenvalue weighted by Crippen LogP contribution is -2.42. The van der Waals surface area contributed by atoms with E-state index in [9.17, 15) is 4.79 Å². The first-order chi connectivity index (χ1) is 11.2. The molecule has 1 aromatic carbocycles. The summed E-state index contributed by atoms with van der Waals surface area (Å²) < 4.78 is 10.5. The summed E-state index contributed by atoms with van der Waals surface area (Å²) in [5, 5.41) is 0.0976. The maximum Gasteiger partial charge on any atom is 0.253 e. The summed E-state index contributed by atoms with van der Waals surface area (Å²) in [4.78, 5) is 22.7. The van der Waals surface area contributed by atoms with E-state index in [1.54, 1.807) is 7.11 Å². The highest BCUT2D eigenvalue weighted by Crippen LogP contribution is 2.25. The number of primary amides is 1. The molecule has 3 rings (SSSR count). The van der Waals surface area contributed by atoms with Gasteiger partial charge in [0.15, 0.2) is 16.4 Å². The number of morpholine rings is 1. The largest absolute Gasteiger partial charge is 0.497 e. The van der Waals surface area contributed by atoms with Crippen LogP contribution in [0.15, 0.2) is 34.3 Å². The number of thioether (sulfide) groups is 1. The Labute approximate surface area is 138 Å². The molecular formula is C15H18N4O3S. The van der Waals surface area contributed by atoms with Crippen molar-refractivity contribution in [2.75, 3.05) is 33.4 Å². The van der Waals surface area contributed by atoms with Crippen LogP contribution in [0.3, 0.4) is 0 Å². The lowest BCUT2D eigenvalue weighted by molar-refractivity contribution is -0.117. The van der Waals surface area contributed by atoms with Crippen molar-refractivity contribution in [2.45, 2.75) is 5.37 Å². The number of amidine groups is 2. The highest BCUT2D eigenvalue weighted by atomic mass is 32.2. The van der Waals surface area contributed by atoms with Crippen LogP contribution in [-0.2, 0) is 9.53 Å². The second-order valence-corrected chi connectivity index (χ2v) is 6.09. The van der Waals surface area contributed by atoms with Crippen molar-refractivity contribution < 1.29 is 14.3 Å². The molecule has 0 bridgehead atoms. The molecule has 0 aromatic heterocycles. The van der Waals surface area contributed by atoms with Crippen molar-refractivity contribution in [1.29, 1.82) is 0 Å². The third kappa shape index (κ3) is 3.65. The second-order valence-electron chi connectivity index (χ2n) is 5.05. The number of rotatable bonds is 3. The van der Waals surface area contributed by atoms with E-state index in [4.69, 9.17) is 15.2 Å². The number of ether oxygens (including phenoxy) is 2. The van der Waals surface area contributed by atoms with Gasteiger partial charge in [0, 0.05) is 18.7 Å². The average Bonchev–Trinajstić information content (AvgIpc) is 2.62. The molecule has 1 fully saturated rings. The summed E-state index contributed by atoms with van der Waals surface area (Å²) in [6.45, 7) is 2.78. The number of methoxy groups -OCH3 is 1. The number of aliphatic imine (C=N–C) groups is 2. The molecular weight excluding hydrogens is 316 g/mol. The summed E-state index contributed by atoms with van der Waals surface area (Å²) in [5.41, 5.74) is 6.28. The zero-order valence-corrected chi connectivity index (χ0v) is 13.6. The summed E-state index contributed by atoms with van der Waals surface area (Å²) >= 11 is 1.29. The fraction of sp³-hybridized carbons (Fsp3) is 0.400. The maximum atomic E-state index is 11.6. The minimum atomic E-state index is -0.664. The Hall–Kier alpha value is -2.06. The molecule has 2 heterocycles. The molecule has 8 heteroatoms. The van der Waals surface area contributed by atoms with Crippen LogP contribution in [0, 0.1) is 0 Å². The third-order valence-electron chi connectivity index (χ3n) is 3.53. The van der Waals surface area contributed by atoms with Gasteiger partial charge in [-0.05, 0) is 24.3 Å². The number of carbonyl (C=O) groups excluding carboxylic acids is 1. The van der Waals surface area contributed by atoms with E-state index in [-0.39, 0.29) is 0 Å². The zero-order valence-electron chi connectivity index (χ0n) is 12.8. The van der Waals surface area contributed by atoms with E-state index in [1.165, 1.54) is 11.8 Å². The molecule has 1 atom stereocenters. The maximum absolute atomic E-state index is 11.6. The van der Waals surface area contributed by atoms with Gasteiger partial charge in [0.05, 0.1) is 20.3 Å². The van der Waals surface area contributed by atoms with Gasteiger partial charge in [-0.2, -0.15) is 0 Å². The van der Waals surface area contributed by atoms with Crippen molar-refractivity contribution in [3.8, 4) is 5.75 Å². The van der Waals surface area contributed by atoms with E-state index in [2.05, 4.69) is 14.9 Å². The normalized spacial score (nSPS) is 21.4. The van der Waals surface area contributed by atoms with Gasteiger partial charge < -0.3 is 20.1 Å². The molecule has 1 unspecified atom stereocenters. The van der Waals surface area contributed by atoms with Crippen molar-refractivity contribution in [2.24, 2.45) is 15.7 Å². The number of hydrogen-bond acceptors (Lipinski definition) is 7. The van der Waals surface area contributed by atoms with E-state index < -0.39 is 11.3 Å². The number of nitrogens with two attached hydrogens (primary N) is 1. The van der Waals surface area contributed by atoms with E-state index >= 15 is 0 Å². The van der Waals surface area contributed by atoms with Gasteiger partial charge in [-0.3, -0.25) is 4.79 Å². The first-order valence-electron chi connectivity index (χ1n) is 7.27. The molecule has 1 aromatic rings. The highest BCUT2D eigenvalue weighted by molar-refractivity contribution is 8.15. The smallest absolute Gasteiger partial charge is 0.253 e. The van der Waals surface area contributed by atoms with Crippen molar-refractivity contribution >= 4 is 28.7 Å². The zero-order chi connectivity index (χ0) is 16.2. The van der Waals surface area contributed by atoms with Gasteiger partial charge in [-0.15, -0.1) is 0 Å². The number of amides is 1. The van der Waals surface area contributed by atoms with Crippen molar-refractivity contribution in [3.05, 3.63) is 29.8 Å². The Morgan fingerprint density at radius 2 is 2.04 bits per heavy atom. The number of nitrogens with zero attached hydrogens (tertiary/aromatic N) is 3. The standard InChI is InChI=1S/C15H18N4O3S/c1-21-11-4-2-10(3-5-11)13-17-14(12(16)20)23-15(18-13)19-6-8-22-9-7-19/h2-5,14H,6-9H2,1H3,(H2,16,20). The fourth-order valence-electron chi connectivity index (χ4n) is 2.28. The number of hydrogen-bond donors (Lipinski definition) is 1. The number of benzene rings is 1. The Kier molecular flexibility index (Phi) is 4.82. The monoisotopic (exact) mass is 334 g/mol. The number of carbonyl (C=O) groups is 1. The summed E-state index contributed by atoms with van der Waals surface area (Å²) in [6.07, 6.45) is 0.